The zero-order valence-corrected chi connectivity index (χ0v) is 22.1. The number of rotatable bonds is 7. The normalized spacial score (nSPS) is 21.8. The number of allylic oxidation sites excluding steroid dienone is 2. The molecule has 0 aliphatic heterocycles. The molecule has 0 radical (unpaired) electrons. The predicted octanol–water partition coefficient (Wildman–Crippen LogP) is 5.79. The third-order valence-electron chi connectivity index (χ3n) is 7.08. The van der Waals surface area contributed by atoms with Gasteiger partial charge in [-0.3, -0.25) is 9.59 Å². The minimum atomic E-state index is -4.31. The molecule has 180 valence electrons. The van der Waals surface area contributed by atoms with Gasteiger partial charge in [-0.25, -0.2) is 0 Å². The minimum Gasteiger partial charge on any atom is -0.500 e. The quantitative estimate of drug-likeness (QED) is 0.470. The molecule has 3 rings (SSSR count). The predicted molar refractivity (Wildman–Crippen MR) is 136 cm³/mol. The van der Waals surface area contributed by atoms with Crippen molar-refractivity contribution in [2.75, 3.05) is 14.2 Å². The molecule has 0 amide bonds. The lowest BCUT2D eigenvalue weighted by molar-refractivity contribution is -0.122. The van der Waals surface area contributed by atoms with E-state index in [9.17, 15) is 14.2 Å². The van der Waals surface area contributed by atoms with Gasteiger partial charge in [-0.05, 0) is 69.4 Å². The zero-order valence-electron chi connectivity index (χ0n) is 21.2. The molecule has 34 heavy (non-hydrogen) atoms. The maximum absolute atomic E-state index is 14.9. The molecule has 0 N–H and O–H groups in total. The fourth-order valence-corrected chi connectivity index (χ4v) is 7.39. The Labute approximate surface area is 202 Å². The average Bonchev–Trinajstić information content (AvgIpc) is 2.83. The number of hydrogen-bond acceptors (Lipinski definition) is 5. The Hall–Kier alpha value is -2.75. The lowest BCUT2D eigenvalue weighted by Crippen LogP contribution is -2.45. The summed E-state index contributed by atoms with van der Waals surface area (Å²) in [7, 11) is -1.34. The summed E-state index contributed by atoms with van der Waals surface area (Å²) in [5, 5.41) is 0.211. The van der Waals surface area contributed by atoms with Crippen molar-refractivity contribution >= 4 is 23.5 Å². The summed E-state index contributed by atoms with van der Waals surface area (Å²) < 4.78 is 26.3. The van der Waals surface area contributed by atoms with E-state index in [1.807, 2.05) is 46.8 Å². The summed E-state index contributed by atoms with van der Waals surface area (Å²) in [6.45, 7) is 11.1. The van der Waals surface area contributed by atoms with Crippen molar-refractivity contribution in [1.29, 1.82) is 0 Å². The number of methoxy groups -OCH3 is 2. The van der Waals surface area contributed by atoms with Crippen molar-refractivity contribution < 1.29 is 23.6 Å². The van der Waals surface area contributed by atoms with Crippen molar-refractivity contribution in [3.05, 3.63) is 87.7 Å². The van der Waals surface area contributed by atoms with Gasteiger partial charge in [0.2, 0.25) is 18.2 Å². The molecule has 0 heterocycles. The van der Waals surface area contributed by atoms with E-state index in [0.29, 0.717) is 16.9 Å². The smallest absolute Gasteiger partial charge is 0.244 e. The number of hydrogen-bond donors (Lipinski definition) is 0. The minimum absolute atomic E-state index is 0.211. The molecule has 0 saturated carbocycles. The first-order valence-corrected chi connectivity index (χ1v) is 13.0. The molecule has 3 atom stereocenters. The van der Waals surface area contributed by atoms with Crippen LogP contribution in [0.1, 0.15) is 46.5 Å². The second kappa shape index (κ2) is 9.48. The van der Waals surface area contributed by atoms with Gasteiger partial charge in [0.1, 0.15) is 17.3 Å². The average molecular weight is 481 g/mol. The van der Waals surface area contributed by atoms with Crippen molar-refractivity contribution in [3.8, 4) is 0 Å². The second-order valence-electron chi connectivity index (χ2n) is 9.13. The lowest BCUT2D eigenvalue weighted by Gasteiger charge is -2.38. The summed E-state index contributed by atoms with van der Waals surface area (Å²) in [5.41, 5.74) is 2.02. The molecule has 1 aliphatic carbocycles. The Kier molecular flexibility index (Phi) is 7.21. The van der Waals surface area contributed by atoms with Crippen molar-refractivity contribution in [2.24, 2.45) is 5.92 Å². The summed E-state index contributed by atoms with van der Waals surface area (Å²) in [6, 6.07) is 10.2. The fourth-order valence-electron chi connectivity index (χ4n) is 4.71. The van der Waals surface area contributed by atoms with E-state index in [2.05, 4.69) is 0 Å². The zero-order chi connectivity index (χ0) is 25.4. The van der Waals surface area contributed by atoms with Crippen LogP contribution in [0.4, 0.5) is 0 Å². The molecule has 2 aromatic rings. The van der Waals surface area contributed by atoms with Crippen LogP contribution in [0.15, 0.2) is 59.9 Å². The topological polar surface area (TPSA) is 69.7 Å². The Morgan fingerprint density at radius 1 is 0.941 bits per heavy atom. The molecular weight excluding hydrogens is 447 g/mol. The van der Waals surface area contributed by atoms with Crippen LogP contribution in [0.25, 0.3) is 0 Å². The van der Waals surface area contributed by atoms with Crippen LogP contribution in [0.2, 0.25) is 0 Å². The van der Waals surface area contributed by atoms with Crippen molar-refractivity contribution in [3.63, 3.8) is 0 Å². The maximum atomic E-state index is 14.9. The van der Waals surface area contributed by atoms with Crippen LogP contribution in [-0.4, -0.2) is 30.9 Å². The molecule has 0 spiro atoms. The number of aryl methyl sites for hydroxylation is 2. The summed E-state index contributed by atoms with van der Waals surface area (Å²) in [6.07, 6.45) is 3.58. The third-order valence-corrected chi connectivity index (χ3v) is 9.78. The molecule has 3 unspecified atom stereocenters. The van der Waals surface area contributed by atoms with Crippen LogP contribution in [0, 0.1) is 33.6 Å². The maximum Gasteiger partial charge on any atom is 0.244 e. The largest absolute Gasteiger partial charge is 0.500 e. The Balaban J connectivity index is 2.33. The first-order valence-electron chi connectivity index (χ1n) is 11.3. The molecule has 0 bridgehead atoms. The first kappa shape index (κ1) is 25.9. The fraction of sp³-hybridized carbons (Fsp3) is 0.357. The Morgan fingerprint density at radius 3 is 2.12 bits per heavy atom. The van der Waals surface area contributed by atoms with Gasteiger partial charge >= 0.3 is 0 Å². The van der Waals surface area contributed by atoms with E-state index in [1.54, 1.807) is 43.3 Å². The van der Waals surface area contributed by atoms with E-state index >= 15 is 0 Å². The van der Waals surface area contributed by atoms with E-state index < -0.39 is 29.7 Å². The van der Waals surface area contributed by atoms with E-state index in [-0.39, 0.29) is 5.30 Å². The molecule has 1 aliphatic rings. The molecule has 0 saturated heterocycles. The van der Waals surface area contributed by atoms with Gasteiger partial charge in [0.25, 0.3) is 0 Å². The van der Waals surface area contributed by atoms with Gasteiger partial charge in [0.15, 0.2) is 0 Å². The highest BCUT2D eigenvalue weighted by atomic mass is 31.2. The van der Waals surface area contributed by atoms with Gasteiger partial charge in [-0.15, -0.1) is 0 Å². The van der Waals surface area contributed by atoms with Crippen LogP contribution in [-0.2, 0) is 18.8 Å². The highest BCUT2D eigenvalue weighted by Gasteiger charge is 2.54. The highest BCUT2D eigenvalue weighted by molar-refractivity contribution is 8.00. The number of carbonyl (C=O) groups excluding carboxylic acids is 2. The van der Waals surface area contributed by atoms with Crippen molar-refractivity contribution in [2.45, 2.75) is 47.1 Å². The number of ether oxygens (including phenoxy) is 2. The third kappa shape index (κ3) is 4.01. The van der Waals surface area contributed by atoms with Gasteiger partial charge in [0, 0.05) is 18.0 Å². The van der Waals surface area contributed by atoms with Gasteiger partial charge in [-0.2, -0.15) is 0 Å². The molecule has 0 fully saturated rings. The van der Waals surface area contributed by atoms with Crippen LogP contribution < -0.4 is 5.30 Å². The standard InChI is InChI=1S/C28H33O5P/c1-17-14-15-28(6,33-8)24(25(17)32-7)27(30)34(31,22-12-10-9-11-13-22)26(29)23-19(3)16-18(2)20(4)21(23)5/h9-16,24H,1-8H3. The van der Waals surface area contributed by atoms with Gasteiger partial charge in [-0.1, -0.05) is 48.6 Å². The van der Waals surface area contributed by atoms with Crippen LogP contribution in [0.5, 0.6) is 0 Å². The van der Waals surface area contributed by atoms with E-state index in [0.717, 1.165) is 22.3 Å². The molecule has 5 nitrogen and oxygen atoms in total. The SMILES string of the molecule is COC1=C(C)C=CC(C)(OC)C1C(=O)P(=O)(C(=O)c1c(C)cc(C)c(C)c1C)c1ccccc1. The molecule has 6 heteroatoms. The van der Waals surface area contributed by atoms with Gasteiger partial charge < -0.3 is 14.0 Å². The second-order valence-corrected chi connectivity index (χ2v) is 11.7. The molecule has 2 aromatic carbocycles. The summed E-state index contributed by atoms with van der Waals surface area (Å²) >= 11 is 0. The van der Waals surface area contributed by atoms with Crippen LogP contribution in [0.3, 0.4) is 0 Å². The van der Waals surface area contributed by atoms with E-state index in [1.165, 1.54) is 14.2 Å². The van der Waals surface area contributed by atoms with Crippen LogP contribution >= 0.6 is 7.14 Å². The first-order chi connectivity index (χ1) is 15.9. The van der Waals surface area contributed by atoms with Gasteiger partial charge in [0.05, 0.1) is 7.11 Å². The highest BCUT2D eigenvalue weighted by Crippen LogP contribution is 2.55. The lowest BCUT2D eigenvalue weighted by atomic mass is 9.82. The number of carbonyl (C=O) groups is 2. The molecule has 0 aromatic heterocycles. The summed E-state index contributed by atoms with van der Waals surface area (Å²) in [4.78, 5) is 28.6. The monoisotopic (exact) mass is 480 g/mol. The van der Waals surface area contributed by atoms with Crippen molar-refractivity contribution in [1.82, 2.24) is 0 Å². The Bertz CT molecular complexity index is 1260. The molecular formula is C28H33O5P. The summed E-state index contributed by atoms with van der Waals surface area (Å²) in [5.74, 6) is -0.691. The number of benzene rings is 2. The Morgan fingerprint density at radius 2 is 1.56 bits per heavy atom. The van der Waals surface area contributed by atoms with E-state index in [4.69, 9.17) is 9.47 Å².